The van der Waals surface area contributed by atoms with Crippen molar-refractivity contribution >= 4 is 45.8 Å². The van der Waals surface area contributed by atoms with E-state index in [2.05, 4.69) is 4.98 Å². The van der Waals surface area contributed by atoms with Gasteiger partial charge < -0.3 is 9.80 Å². The summed E-state index contributed by atoms with van der Waals surface area (Å²) in [6, 6.07) is 0. The number of amides is 2. The van der Waals surface area contributed by atoms with Gasteiger partial charge in [0.2, 0.25) is 11.8 Å². The molecule has 1 aliphatic rings. The Morgan fingerprint density at radius 3 is 2.58 bits per heavy atom. The lowest BCUT2D eigenvalue weighted by Crippen LogP contribution is -2.51. The van der Waals surface area contributed by atoms with Crippen molar-refractivity contribution in [1.82, 2.24) is 19.2 Å². The molecule has 2 aromatic heterocycles. The first kappa shape index (κ1) is 17.0. The van der Waals surface area contributed by atoms with Crippen LogP contribution in [0, 0.1) is 5.92 Å². The maximum Gasteiger partial charge on any atom is 0.246 e. The fourth-order valence-corrected chi connectivity index (χ4v) is 3.70. The Kier molecular flexibility index (Phi) is 4.91. The highest BCUT2D eigenvalue weighted by Crippen LogP contribution is 2.22. The number of carbonyl (C=O) groups is 2. The molecule has 1 saturated heterocycles. The van der Waals surface area contributed by atoms with Gasteiger partial charge in [0.05, 0.1) is 5.69 Å². The molecule has 0 aromatic carbocycles. The fourth-order valence-electron chi connectivity index (χ4n) is 2.69. The van der Waals surface area contributed by atoms with Crippen LogP contribution in [0.2, 0.25) is 5.15 Å². The molecular formula is C16H19ClN4O2S. The summed E-state index contributed by atoms with van der Waals surface area (Å²) in [6.45, 7) is 6.05. The third-order valence-corrected chi connectivity index (χ3v) is 5.07. The third-order valence-electron chi connectivity index (χ3n) is 4.03. The summed E-state index contributed by atoms with van der Waals surface area (Å²) in [5.74, 6) is 0.0561. The lowest BCUT2D eigenvalue weighted by molar-refractivity contribution is -0.139. The average molecular weight is 367 g/mol. The zero-order valence-electron chi connectivity index (χ0n) is 13.6. The van der Waals surface area contributed by atoms with Crippen molar-refractivity contribution in [3.05, 3.63) is 28.5 Å². The molecule has 6 nitrogen and oxygen atoms in total. The Balaban J connectivity index is 1.63. The molecule has 0 aliphatic carbocycles. The van der Waals surface area contributed by atoms with E-state index in [1.807, 2.05) is 34.7 Å². The summed E-state index contributed by atoms with van der Waals surface area (Å²) >= 11 is 7.61. The number of piperazine rings is 1. The van der Waals surface area contributed by atoms with E-state index in [-0.39, 0.29) is 17.7 Å². The van der Waals surface area contributed by atoms with E-state index >= 15 is 0 Å². The molecule has 128 valence electrons. The SMILES string of the molecule is CC(C)C(=O)N1CCN(C(=O)/C=C/c2c(Cl)nc3sccn23)CC1. The predicted octanol–water partition coefficient (Wildman–Crippen LogP) is 2.39. The first-order chi connectivity index (χ1) is 11.5. The largest absolute Gasteiger partial charge is 0.339 e. The number of aromatic nitrogens is 2. The highest BCUT2D eigenvalue weighted by atomic mass is 35.5. The Morgan fingerprint density at radius 1 is 1.25 bits per heavy atom. The minimum atomic E-state index is -0.0760. The molecule has 0 spiro atoms. The maximum absolute atomic E-state index is 12.4. The number of halogens is 1. The zero-order chi connectivity index (χ0) is 17.3. The minimum Gasteiger partial charge on any atom is -0.339 e. The molecule has 1 fully saturated rings. The topological polar surface area (TPSA) is 57.9 Å². The van der Waals surface area contributed by atoms with Crippen molar-refractivity contribution < 1.29 is 9.59 Å². The van der Waals surface area contributed by atoms with Gasteiger partial charge in [-0.15, -0.1) is 11.3 Å². The van der Waals surface area contributed by atoms with Crippen LogP contribution in [0.4, 0.5) is 0 Å². The standard InChI is InChI=1S/C16H19ClN4O2S/c1-11(2)15(23)20-7-5-19(6-8-20)13(22)4-3-12-14(17)18-16-21(12)9-10-24-16/h3-4,9-11H,5-8H2,1-2H3/b4-3+. The molecular weight excluding hydrogens is 348 g/mol. The number of thiazole rings is 1. The summed E-state index contributed by atoms with van der Waals surface area (Å²) in [4.78, 5) is 32.9. The lowest BCUT2D eigenvalue weighted by atomic mass is 10.1. The molecule has 1 aliphatic heterocycles. The highest BCUT2D eigenvalue weighted by Gasteiger charge is 2.24. The number of imidazole rings is 1. The van der Waals surface area contributed by atoms with E-state index in [0.717, 1.165) is 4.96 Å². The van der Waals surface area contributed by atoms with Gasteiger partial charge in [0, 0.05) is 49.7 Å². The second kappa shape index (κ2) is 6.94. The van der Waals surface area contributed by atoms with Gasteiger partial charge in [-0.25, -0.2) is 4.98 Å². The Morgan fingerprint density at radius 2 is 1.92 bits per heavy atom. The molecule has 0 atom stereocenters. The Hall–Kier alpha value is -1.86. The van der Waals surface area contributed by atoms with Gasteiger partial charge in [-0.3, -0.25) is 14.0 Å². The first-order valence-electron chi connectivity index (χ1n) is 7.84. The molecule has 8 heteroatoms. The van der Waals surface area contributed by atoms with Gasteiger partial charge >= 0.3 is 0 Å². The summed E-state index contributed by atoms with van der Waals surface area (Å²) in [5.41, 5.74) is 0.704. The molecule has 2 aromatic rings. The zero-order valence-corrected chi connectivity index (χ0v) is 15.2. The van der Waals surface area contributed by atoms with Crippen LogP contribution < -0.4 is 0 Å². The van der Waals surface area contributed by atoms with Crippen molar-refractivity contribution in [3.8, 4) is 0 Å². The van der Waals surface area contributed by atoms with Crippen LogP contribution in [0.1, 0.15) is 19.5 Å². The summed E-state index contributed by atoms with van der Waals surface area (Å²) in [6.07, 6.45) is 5.09. The molecule has 0 radical (unpaired) electrons. The van der Waals surface area contributed by atoms with E-state index in [4.69, 9.17) is 11.6 Å². The van der Waals surface area contributed by atoms with E-state index in [1.165, 1.54) is 17.4 Å². The van der Waals surface area contributed by atoms with E-state index in [0.29, 0.717) is 37.0 Å². The monoisotopic (exact) mass is 366 g/mol. The molecule has 0 bridgehead atoms. The minimum absolute atomic E-state index is 0.0100. The maximum atomic E-state index is 12.4. The number of hydrogen-bond donors (Lipinski definition) is 0. The average Bonchev–Trinajstić information content (AvgIpc) is 3.12. The van der Waals surface area contributed by atoms with Crippen LogP contribution in [0.15, 0.2) is 17.7 Å². The number of carbonyl (C=O) groups excluding carboxylic acids is 2. The van der Waals surface area contributed by atoms with E-state index in [9.17, 15) is 9.59 Å². The second-order valence-electron chi connectivity index (χ2n) is 5.98. The first-order valence-corrected chi connectivity index (χ1v) is 9.10. The Bertz CT molecular complexity index is 787. The molecule has 0 N–H and O–H groups in total. The van der Waals surface area contributed by atoms with Gasteiger partial charge in [0.1, 0.15) is 0 Å². The summed E-state index contributed by atoms with van der Waals surface area (Å²) in [7, 11) is 0. The summed E-state index contributed by atoms with van der Waals surface area (Å²) in [5, 5.41) is 2.31. The second-order valence-corrected chi connectivity index (χ2v) is 7.21. The van der Waals surface area contributed by atoms with E-state index < -0.39 is 0 Å². The van der Waals surface area contributed by atoms with Crippen molar-refractivity contribution in [2.75, 3.05) is 26.2 Å². The van der Waals surface area contributed by atoms with Gasteiger partial charge in [-0.2, -0.15) is 0 Å². The van der Waals surface area contributed by atoms with Gasteiger partial charge in [-0.05, 0) is 6.08 Å². The predicted molar refractivity (Wildman–Crippen MR) is 95.1 cm³/mol. The molecule has 3 rings (SSSR count). The number of fused-ring (bicyclic) bond motifs is 1. The quantitative estimate of drug-likeness (QED) is 0.784. The number of nitrogens with zero attached hydrogens (tertiary/aromatic N) is 4. The van der Waals surface area contributed by atoms with Crippen LogP contribution in [-0.4, -0.2) is 57.2 Å². The van der Waals surface area contributed by atoms with Crippen molar-refractivity contribution in [3.63, 3.8) is 0 Å². The van der Waals surface area contributed by atoms with Crippen molar-refractivity contribution in [2.45, 2.75) is 13.8 Å². The van der Waals surface area contributed by atoms with Gasteiger partial charge in [0.15, 0.2) is 10.1 Å². The van der Waals surface area contributed by atoms with Crippen LogP contribution in [0.25, 0.3) is 11.0 Å². The van der Waals surface area contributed by atoms with Crippen LogP contribution in [-0.2, 0) is 9.59 Å². The lowest BCUT2D eigenvalue weighted by Gasteiger charge is -2.35. The normalized spacial score (nSPS) is 15.8. The van der Waals surface area contributed by atoms with Crippen molar-refractivity contribution in [1.29, 1.82) is 0 Å². The van der Waals surface area contributed by atoms with Crippen LogP contribution >= 0.6 is 22.9 Å². The smallest absolute Gasteiger partial charge is 0.246 e. The molecule has 0 saturated carbocycles. The van der Waals surface area contributed by atoms with Gasteiger partial charge in [-0.1, -0.05) is 25.4 Å². The van der Waals surface area contributed by atoms with Gasteiger partial charge in [0.25, 0.3) is 0 Å². The number of hydrogen-bond acceptors (Lipinski definition) is 4. The van der Waals surface area contributed by atoms with Crippen LogP contribution in [0.3, 0.4) is 0 Å². The molecule has 2 amide bonds. The Labute approximate surface area is 149 Å². The van der Waals surface area contributed by atoms with Crippen molar-refractivity contribution in [2.24, 2.45) is 5.92 Å². The summed E-state index contributed by atoms with van der Waals surface area (Å²) < 4.78 is 1.86. The van der Waals surface area contributed by atoms with Crippen LogP contribution in [0.5, 0.6) is 0 Å². The fraction of sp³-hybridized carbons (Fsp3) is 0.438. The van der Waals surface area contributed by atoms with E-state index in [1.54, 1.807) is 11.0 Å². The highest BCUT2D eigenvalue weighted by molar-refractivity contribution is 7.15. The molecule has 3 heterocycles. The molecule has 24 heavy (non-hydrogen) atoms. The molecule has 0 unspecified atom stereocenters. The number of rotatable bonds is 3. The third kappa shape index (κ3) is 3.32.